The van der Waals surface area contributed by atoms with Crippen LogP contribution in [0.1, 0.15) is 22.6 Å². The van der Waals surface area contributed by atoms with Crippen LogP contribution in [0.25, 0.3) is 0 Å². The maximum Gasteiger partial charge on any atom is 0.242 e. The lowest BCUT2D eigenvalue weighted by molar-refractivity contribution is -0.134. The molecule has 1 aliphatic carbocycles. The fraction of sp³-hybridized carbons (Fsp3) is 0.583. The van der Waals surface area contributed by atoms with E-state index in [4.69, 9.17) is 10.8 Å². The maximum absolute atomic E-state index is 12.0. The number of hydrogen-bond donors (Lipinski definition) is 2. The van der Waals surface area contributed by atoms with Crippen molar-refractivity contribution in [2.24, 2.45) is 5.73 Å². The first-order valence-corrected chi connectivity index (χ1v) is 6.65. The molecule has 94 valence electrons. The number of amides is 1. The first-order chi connectivity index (χ1) is 8.11. The van der Waals surface area contributed by atoms with Crippen LogP contribution in [-0.2, 0) is 11.3 Å². The van der Waals surface area contributed by atoms with Crippen LogP contribution in [0.5, 0.6) is 0 Å². The normalized spacial score (nSPS) is 16.9. The van der Waals surface area contributed by atoms with Gasteiger partial charge in [0.05, 0.1) is 13.2 Å². The summed E-state index contributed by atoms with van der Waals surface area (Å²) >= 11 is 1.70. The molecule has 0 bridgehead atoms. The molecular weight excluding hydrogens is 236 g/mol. The van der Waals surface area contributed by atoms with Crippen LogP contribution in [0.15, 0.2) is 12.1 Å². The Bertz CT molecular complexity index is 401. The number of aliphatic hydroxyl groups excluding tert-OH is 1. The summed E-state index contributed by atoms with van der Waals surface area (Å²) in [4.78, 5) is 16.2. The van der Waals surface area contributed by atoms with Gasteiger partial charge in [0.2, 0.25) is 5.91 Å². The first kappa shape index (κ1) is 12.5. The van der Waals surface area contributed by atoms with E-state index in [1.165, 1.54) is 9.75 Å². The highest BCUT2D eigenvalue weighted by molar-refractivity contribution is 7.11. The van der Waals surface area contributed by atoms with Crippen LogP contribution >= 0.6 is 11.3 Å². The van der Waals surface area contributed by atoms with Crippen LogP contribution in [-0.4, -0.2) is 34.6 Å². The minimum atomic E-state index is -0.781. The Morgan fingerprint density at radius 1 is 1.65 bits per heavy atom. The van der Waals surface area contributed by atoms with E-state index in [-0.39, 0.29) is 12.5 Å². The molecule has 0 unspecified atom stereocenters. The van der Waals surface area contributed by atoms with Gasteiger partial charge in [-0.1, -0.05) is 0 Å². The molecule has 3 N–H and O–H groups in total. The highest BCUT2D eigenvalue weighted by atomic mass is 32.1. The van der Waals surface area contributed by atoms with Crippen molar-refractivity contribution < 1.29 is 9.90 Å². The third-order valence-electron chi connectivity index (χ3n) is 2.91. The Kier molecular flexibility index (Phi) is 3.81. The minimum absolute atomic E-state index is 0.138. The monoisotopic (exact) mass is 254 g/mol. The zero-order valence-corrected chi connectivity index (χ0v) is 10.7. The number of carbonyl (C=O) groups is 1. The summed E-state index contributed by atoms with van der Waals surface area (Å²) < 4.78 is 0. The van der Waals surface area contributed by atoms with Gasteiger partial charge in [0.25, 0.3) is 0 Å². The van der Waals surface area contributed by atoms with Gasteiger partial charge in [0.1, 0.15) is 6.04 Å². The van der Waals surface area contributed by atoms with Gasteiger partial charge in [-0.05, 0) is 31.9 Å². The molecule has 0 saturated heterocycles. The van der Waals surface area contributed by atoms with Gasteiger partial charge in [0.15, 0.2) is 0 Å². The lowest BCUT2D eigenvalue weighted by Crippen LogP contribution is -2.46. The number of hydrogen-bond acceptors (Lipinski definition) is 4. The topological polar surface area (TPSA) is 66.6 Å². The number of aryl methyl sites for hydroxylation is 1. The summed E-state index contributed by atoms with van der Waals surface area (Å²) in [5.74, 6) is -0.138. The molecule has 1 amide bonds. The van der Waals surface area contributed by atoms with Crippen molar-refractivity contribution in [2.75, 3.05) is 6.61 Å². The average molecular weight is 254 g/mol. The molecule has 1 fully saturated rings. The molecule has 0 radical (unpaired) electrons. The summed E-state index contributed by atoms with van der Waals surface area (Å²) in [6, 6.07) is 3.65. The van der Waals surface area contributed by atoms with Gasteiger partial charge in [-0.25, -0.2) is 0 Å². The van der Waals surface area contributed by atoms with Crippen molar-refractivity contribution in [2.45, 2.75) is 38.4 Å². The van der Waals surface area contributed by atoms with Crippen LogP contribution in [0.4, 0.5) is 0 Å². The van der Waals surface area contributed by atoms with Gasteiger partial charge < -0.3 is 15.7 Å². The minimum Gasteiger partial charge on any atom is -0.394 e. The quantitative estimate of drug-likeness (QED) is 0.819. The predicted molar refractivity (Wildman–Crippen MR) is 67.7 cm³/mol. The second kappa shape index (κ2) is 5.16. The van der Waals surface area contributed by atoms with Crippen LogP contribution < -0.4 is 5.73 Å². The molecule has 1 aromatic rings. The zero-order chi connectivity index (χ0) is 12.4. The number of nitrogens with two attached hydrogens (primary N) is 1. The van der Waals surface area contributed by atoms with Crippen molar-refractivity contribution >= 4 is 17.2 Å². The second-order valence-corrected chi connectivity index (χ2v) is 5.87. The Morgan fingerprint density at radius 2 is 2.35 bits per heavy atom. The Hall–Kier alpha value is -0.910. The summed E-state index contributed by atoms with van der Waals surface area (Å²) in [7, 11) is 0. The largest absolute Gasteiger partial charge is 0.394 e. The van der Waals surface area contributed by atoms with E-state index in [2.05, 4.69) is 13.0 Å². The summed E-state index contributed by atoms with van der Waals surface area (Å²) in [5, 5.41) is 8.96. The molecule has 2 rings (SSSR count). The molecular formula is C12H18N2O2S. The van der Waals surface area contributed by atoms with Crippen molar-refractivity contribution in [1.82, 2.24) is 4.90 Å². The van der Waals surface area contributed by atoms with E-state index >= 15 is 0 Å². The van der Waals surface area contributed by atoms with Gasteiger partial charge in [-0.2, -0.15) is 0 Å². The molecule has 1 aromatic heterocycles. The number of carbonyl (C=O) groups excluding carboxylic acids is 1. The van der Waals surface area contributed by atoms with Crippen LogP contribution in [0.2, 0.25) is 0 Å². The number of rotatable bonds is 5. The van der Waals surface area contributed by atoms with E-state index in [0.29, 0.717) is 12.6 Å². The van der Waals surface area contributed by atoms with Gasteiger partial charge in [0, 0.05) is 15.8 Å². The Morgan fingerprint density at radius 3 is 2.82 bits per heavy atom. The summed E-state index contributed by atoms with van der Waals surface area (Å²) in [6.45, 7) is 2.39. The average Bonchev–Trinajstić information content (AvgIpc) is 3.08. The van der Waals surface area contributed by atoms with E-state index in [1.54, 1.807) is 11.3 Å². The van der Waals surface area contributed by atoms with Gasteiger partial charge >= 0.3 is 0 Å². The van der Waals surface area contributed by atoms with Crippen molar-refractivity contribution in [3.63, 3.8) is 0 Å². The first-order valence-electron chi connectivity index (χ1n) is 5.84. The fourth-order valence-electron chi connectivity index (χ4n) is 1.80. The smallest absolute Gasteiger partial charge is 0.242 e. The van der Waals surface area contributed by atoms with E-state index in [1.807, 2.05) is 11.0 Å². The molecule has 1 atom stereocenters. The predicted octanol–water partition coefficient (Wildman–Crippen LogP) is 0.867. The second-order valence-electron chi connectivity index (χ2n) is 4.50. The molecule has 1 aliphatic rings. The Balaban J connectivity index is 2.05. The highest BCUT2D eigenvalue weighted by Gasteiger charge is 2.34. The van der Waals surface area contributed by atoms with Crippen molar-refractivity contribution in [3.8, 4) is 0 Å². The molecule has 0 spiro atoms. The number of thiophene rings is 1. The molecule has 0 aromatic carbocycles. The van der Waals surface area contributed by atoms with E-state index < -0.39 is 6.04 Å². The maximum atomic E-state index is 12.0. The van der Waals surface area contributed by atoms with E-state index in [9.17, 15) is 4.79 Å². The van der Waals surface area contributed by atoms with Crippen LogP contribution in [0, 0.1) is 6.92 Å². The molecule has 5 heteroatoms. The lowest BCUT2D eigenvalue weighted by atomic mass is 10.2. The standard InChI is InChI=1S/C12H18N2O2S/c1-8-2-5-10(17-8)6-14(9-3-4-9)12(16)11(13)7-15/h2,5,9,11,15H,3-4,6-7,13H2,1H3/t11-/m0/s1. The summed E-state index contributed by atoms with van der Waals surface area (Å²) in [6.07, 6.45) is 2.10. The third kappa shape index (κ3) is 3.06. The van der Waals surface area contributed by atoms with Crippen LogP contribution in [0.3, 0.4) is 0 Å². The van der Waals surface area contributed by atoms with E-state index in [0.717, 1.165) is 12.8 Å². The lowest BCUT2D eigenvalue weighted by Gasteiger charge is -2.24. The number of aliphatic hydroxyl groups is 1. The molecule has 0 aliphatic heterocycles. The SMILES string of the molecule is Cc1ccc(CN(C(=O)[C@@H](N)CO)C2CC2)s1. The summed E-state index contributed by atoms with van der Waals surface area (Å²) in [5.41, 5.74) is 5.60. The molecule has 17 heavy (non-hydrogen) atoms. The molecule has 4 nitrogen and oxygen atoms in total. The van der Waals surface area contributed by atoms with Crippen molar-refractivity contribution in [1.29, 1.82) is 0 Å². The third-order valence-corrected chi connectivity index (χ3v) is 3.89. The Labute approximate surface area is 105 Å². The van der Waals surface area contributed by atoms with Gasteiger partial charge in [-0.3, -0.25) is 4.79 Å². The molecule has 1 saturated carbocycles. The fourth-order valence-corrected chi connectivity index (χ4v) is 2.69. The zero-order valence-electron chi connectivity index (χ0n) is 9.93. The molecule has 1 heterocycles. The van der Waals surface area contributed by atoms with Crippen molar-refractivity contribution in [3.05, 3.63) is 21.9 Å². The number of nitrogens with zero attached hydrogens (tertiary/aromatic N) is 1. The highest BCUT2D eigenvalue weighted by Crippen LogP contribution is 2.30. The van der Waals surface area contributed by atoms with Gasteiger partial charge in [-0.15, -0.1) is 11.3 Å².